The van der Waals surface area contributed by atoms with E-state index in [1.807, 2.05) is 6.20 Å². The Morgan fingerprint density at radius 1 is 1.38 bits per heavy atom. The molecule has 3 heterocycles. The van der Waals surface area contributed by atoms with Crippen LogP contribution in [0.1, 0.15) is 24.1 Å². The highest BCUT2D eigenvalue weighted by molar-refractivity contribution is 9.10. The second-order valence-corrected chi connectivity index (χ2v) is 7.00. The third-order valence-corrected chi connectivity index (χ3v) is 5.43. The summed E-state index contributed by atoms with van der Waals surface area (Å²) in [7, 11) is 0. The van der Waals surface area contributed by atoms with Crippen LogP contribution in [0, 0.1) is 6.92 Å². The number of pyridine rings is 1. The molecule has 0 aliphatic carbocycles. The van der Waals surface area contributed by atoms with Crippen LogP contribution in [0.2, 0.25) is 0 Å². The number of thiazole rings is 1. The van der Waals surface area contributed by atoms with Crippen molar-refractivity contribution in [2.45, 2.75) is 26.2 Å². The van der Waals surface area contributed by atoms with Gasteiger partial charge in [0, 0.05) is 42.1 Å². The Kier molecular flexibility index (Phi) is 4.75. The number of nitrogens with zero attached hydrogens (tertiary/aromatic N) is 3. The predicted molar refractivity (Wildman–Crippen MR) is 92.4 cm³/mol. The van der Waals surface area contributed by atoms with E-state index in [-0.39, 0.29) is 0 Å². The maximum Gasteiger partial charge on any atom is 0.185 e. The average Bonchev–Trinajstić information content (AvgIpc) is 3.13. The van der Waals surface area contributed by atoms with Gasteiger partial charge in [0.15, 0.2) is 5.13 Å². The first-order valence-corrected chi connectivity index (χ1v) is 8.95. The van der Waals surface area contributed by atoms with Gasteiger partial charge in [0.2, 0.25) is 0 Å². The van der Waals surface area contributed by atoms with Crippen LogP contribution in [-0.4, -0.2) is 29.6 Å². The highest BCUT2D eigenvalue weighted by atomic mass is 79.9. The Balaban J connectivity index is 1.52. The van der Waals surface area contributed by atoms with E-state index in [0.717, 1.165) is 36.3 Å². The van der Waals surface area contributed by atoms with Gasteiger partial charge in [-0.2, -0.15) is 0 Å². The molecule has 0 unspecified atom stereocenters. The Labute approximate surface area is 137 Å². The number of hydrogen-bond acceptors (Lipinski definition) is 5. The number of halogens is 1. The fraction of sp³-hybridized carbons (Fsp3) is 0.467. The number of rotatable bonds is 5. The van der Waals surface area contributed by atoms with Crippen LogP contribution in [-0.2, 0) is 6.42 Å². The summed E-state index contributed by atoms with van der Waals surface area (Å²) in [5, 5.41) is 6.72. The number of anilines is 2. The minimum absolute atomic E-state index is 0.858. The van der Waals surface area contributed by atoms with E-state index in [1.54, 1.807) is 11.3 Å². The SMILES string of the molecule is Cc1cc(NCCc2csc(N3CCCC3)n2)ncc1Br. The fourth-order valence-corrected chi connectivity index (χ4v) is 3.55. The Hall–Kier alpha value is -1.14. The molecule has 112 valence electrons. The average molecular weight is 367 g/mol. The molecule has 6 heteroatoms. The molecule has 0 radical (unpaired) electrons. The van der Waals surface area contributed by atoms with Gasteiger partial charge >= 0.3 is 0 Å². The highest BCUT2D eigenvalue weighted by Gasteiger charge is 2.15. The van der Waals surface area contributed by atoms with Crippen LogP contribution < -0.4 is 10.2 Å². The minimum atomic E-state index is 0.858. The molecule has 1 aliphatic heterocycles. The van der Waals surface area contributed by atoms with Crippen LogP contribution in [0.4, 0.5) is 10.9 Å². The molecule has 0 bridgehead atoms. The monoisotopic (exact) mass is 366 g/mol. The van der Waals surface area contributed by atoms with Crippen LogP contribution >= 0.6 is 27.3 Å². The summed E-state index contributed by atoms with van der Waals surface area (Å²) in [5.41, 5.74) is 2.36. The molecule has 1 fully saturated rings. The zero-order chi connectivity index (χ0) is 14.7. The smallest absolute Gasteiger partial charge is 0.185 e. The zero-order valence-electron chi connectivity index (χ0n) is 12.1. The largest absolute Gasteiger partial charge is 0.370 e. The lowest BCUT2D eigenvalue weighted by Crippen LogP contribution is -2.17. The van der Waals surface area contributed by atoms with Crippen molar-refractivity contribution in [3.63, 3.8) is 0 Å². The van der Waals surface area contributed by atoms with Crippen molar-refractivity contribution >= 4 is 38.2 Å². The summed E-state index contributed by atoms with van der Waals surface area (Å²) >= 11 is 5.23. The molecule has 1 aliphatic rings. The standard InChI is InChI=1S/C15H19BrN4S/c1-11-8-14(18-9-13(11)16)17-5-4-12-10-21-15(19-12)20-6-2-3-7-20/h8-10H,2-7H2,1H3,(H,17,18). The molecule has 0 spiro atoms. The molecule has 0 aromatic carbocycles. The van der Waals surface area contributed by atoms with Crippen molar-refractivity contribution in [2.24, 2.45) is 0 Å². The predicted octanol–water partition coefficient (Wildman–Crippen LogP) is 3.86. The summed E-state index contributed by atoms with van der Waals surface area (Å²) in [6.45, 7) is 5.25. The summed E-state index contributed by atoms with van der Waals surface area (Å²) in [6.07, 6.45) is 5.36. The molecule has 2 aromatic heterocycles. The third-order valence-electron chi connectivity index (χ3n) is 3.65. The van der Waals surface area contributed by atoms with Crippen molar-refractivity contribution in [3.8, 4) is 0 Å². The van der Waals surface area contributed by atoms with Gasteiger partial charge in [-0.3, -0.25) is 0 Å². The maximum atomic E-state index is 4.73. The lowest BCUT2D eigenvalue weighted by molar-refractivity contribution is 0.923. The van der Waals surface area contributed by atoms with Crippen LogP contribution in [0.3, 0.4) is 0 Å². The lowest BCUT2D eigenvalue weighted by Gasteiger charge is -2.12. The molecule has 21 heavy (non-hydrogen) atoms. The molecule has 0 saturated carbocycles. The zero-order valence-corrected chi connectivity index (χ0v) is 14.5. The van der Waals surface area contributed by atoms with E-state index in [0.29, 0.717) is 0 Å². The molecular formula is C15H19BrN4S. The first-order valence-electron chi connectivity index (χ1n) is 7.28. The third kappa shape index (κ3) is 3.74. The van der Waals surface area contributed by atoms with Crippen molar-refractivity contribution in [2.75, 3.05) is 29.9 Å². The van der Waals surface area contributed by atoms with Gasteiger partial charge in [0.05, 0.1) is 5.69 Å². The molecule has 3 rings (SSSR count). The number of nitrogens with one attached hydrogen (secondary N) is 1. The molecule has 0 atom stereocenters. The van der Waals surface area contributed by atoms with Gasteiger partial charge in [-0.05, 0) is 47.3 Å². The second-order valence-electron chi connectivity index (χ2n) is 5.31. The van der Waals surface area contributed by atoms with Gasteiger partial charge in [0.1, 0.15) is 5.82 Å². The summed E-state index contributed by atoms with van der Waals surface area (Å²) in [5.74, 6) is 0.922. The minimum Gasteiger partial charge on any atom is -0.370 e. The van der Waals surface area contributed by atoms with Crippen LogP contribution in [0.25, 0.3) is 0 Å². The van der Waals surface area contributed by atoms with Gasteiger partial charge in [-0.25, -0.2) is 9.97 Å². The van der Waals surface area contributed by atoms with E-state index in [4.69, 9.17) is 4.98 Å². The van der Waals surface area contributed by atoms with Crippen molar-refractivity contribution in [3.05, 3.63) is 33.4 Å². The quantitative estimate of drug-likeness (QED) is 0.871. The van der Waals surface area contributed by atoms with Gasteiger partial charge in [-0.15, -0.1) is 11.3 Å². The topological polar surface area (TPSA) is 41.0 Å². The van der Waals surface area contributed by atoms with Gasteiger partial charge in [-0.1, -0.05) is 0 Å². The molecule has 1 N–H and O–H groups in total. The van der Waals surface area contributed by atoms with E-state index in [1.165, 1.54) is 29.2 Å². The van der Waals surface area contributed by atoms with Crippen molar-refractivity contribution in [1.29, 1.82) is 0 Å². The van der Waals surface area contributed by atoms with Crippen LogP contribution in [0.5, 0.6) is 0 Å². The van der Waals surface area contributed by atoms with E-state index in [9.17, 15) is 0 Å². The van der Waals surface area contributed by atoms with E-state index >= 15 is 0 Å². The number of hydrogen-bond donors (Lipinski definition) is 1. The Morgan fingerprint density at radius 2 is 2.19 bits per heavy atom. The first-order chi connectivity index (χ1) is 10.2. The van der Waals surface area contributed by atoms with Gasteiger partial charge < -0.3 is 10.2 Å². The van der Waals surface area contributed by atoms with E-state index in [2.05, 4.69) is 49.5 Å². The summed E-state index contributed by atoms with van der Waals surface area (Å²) in [6, 6.07) is 2.06. The fourth-order valence-electron chi connectivity index (χ4n) is 2.42. The second kappa shape index (κ2) is 6.75. The highest BCUT2D eigenvalue weighted by Crippen LogP contribution is 2.24. The lowest BCUT2D eigenvalue weighted by atomic mass is 10.3. The molecule has 4 nitrogen and oxygen atoms in total. The molecule has 0 amide bonds. The molecular weight excluding hydrogens is 348 g/mol. The maximum absolute atomic E-state index is 4.73. The van der Waals surface area contributed by atoms with Gasteiger partial charge in [0.25, 0.3) is 0 Å². The molecule has 2 aromatic rings. The van der Waals surface area contributed by atoms with Crippen LogP contribution in [0.15, 0.2) is 22.1 Å². The normalized spacial score (nSPS) is 14.7. The van der Waals surface area contributed by atoms with Crippen molar-refractivity contribution < 1.29 is 0 Å². The Morgan fingerprint density at radius 3 is 2.95 bits per heavy atom. The Bertz CT molecular complexity index is 607. The number of aryl methyl sites for hydroxylation is 1. The van der Waals surface area contributed by atoms with Crippen molar-refractivity contribution in [1.82, 2.24) is 9.97 Å². The number of aromatic nitrogens is 2. The summed E-state index contributed by atoms with van der Waals surface area (Å²) < 4.78 is 1.04. The first kappa shape index (κ1) is 14.8. The van der Waals surface area contributed by atoms with E-state index < -0.39 is 0 Å². The summed E-state index contributed by atoms with van der Waals surface area (Å²) in [4.78, 5) is 11.5. The molecule has 1 saturated heterocycles.